The van der Waals surface area contributed by atoms with Gasteiger partial charge >= 0.3 is 5.97 Å². The molecule has 0 aliphatic carbocycles. The van der Waals surface area contributed by atoms with Crippen molar-refractivity contribution in [3.8, 4) is 0 Å². The SMILES string of the molecule is CC(=O)C(CCCN)[C@H](N)C(=O)O. The van der Waals surface area contributed by atoms with E-state index in [1.54, 1.807) is 0 Å². The number of hydrogen-bond acceptors (Lipinski definition) is 4. The van der Waals surface area contributed by atoms with Crippen LogP contribution in [0.1, 0.15) is 19.8 Å². The molecule has 0 heterocycles. The average Bonchev–Trinajstić information content (AvgIpc) is 2.04. The summed E-state index contributed by atoms with van der Waals surface area (Å²) in [6.45, 7) is 1.79. The zero-order chi connectivity index (χ0) is 10.4. The van der Waals surface area contributed by atoms with Gasteiger partial charge < -0.3 is 16.6 Å². The lowest BCUT2D eigenvalue weighted by Crippen LogP contribution is -2.41. The number of carbonyl (C=O) groups is 2. The second kappa shape index (κ2) is 5.66. The molecule has 0 radical (unpaired) electrons. The second-order valence-electron chi connectivity index (χ2n) is 3.01. The van der Waals surface area contributed by atoms with Gasteiger partial charge in [-0.1, -0.05) is 0 Å². The highest BCUT2D eigenvalue weighted by Crippen LogP contribution is 2.11. The van der Waals surface area contributed by atoms with Crippen molar-refractivity contribution in [2.45, 2.75) is 25.8 Å². The van der Waals surface area contributed by atoms with E-state index in [2.05, 4.69) is 0 Å². The first kappa shape index (κ1) is 12.1. The summed E-state index contributed by atoms with van der Waals surface area (Å²) in [6.07, 6.45) is 1.06. The molecule has 0 aromatic carbocycles. The van der Waals surface area contributed by atoms with E-state index in [-0.39, 0.29) is 5.78 Å². The van der Waals surface area contributed by atoms with Gasteiger partial charge in [-0.25, -0.2) is 0 Å². The lowest BCUT2D eigenvalue weighted by molar-refractivity contribution is -0.142. The lowest BCUT2D eigenvalue weighted by atomic mass is 9.91. The summed E-state index contributed by atoms with van der Waals surface area (Å²) in [5.74, 6) is -1.94. The normalized spacial score (nSPS) is 15.0. The Morgan fingerprint density at radius 1 is 1.46 bits per heavy atom. The number of hydrogen-bond donors (Lipinski definition) is 3. The number of rotatable bonds is 6. The third-order valence-electron chi connectivity index (χ3n) is 1.96. The lowest BCUT2D eigenvalue weighted by Gasteiger charge is -2.16. The quantitative estimate of drug-likeness (QED) is 0.513. The summed E-state index contributed by atoms with van der Waals surface area (Å²) in [7, 11) is 0. The fraction of sp³-hybridized carbons (Fsp3) is 0.750. The number of carboxylic acid groups (broad SMARTS) is 1. The Bertz CT molecular complexity index is 194. The molecule has 0 rings (SSSR count). The molecule has 0 spiro atoms. The van der Waals surface area contributed by atoms with Gasteiger partial charge in [-0.2, -0.15) is 0 Å². The van der Waals surface area contributed by atoms with Crippen molar-refractivity contribution in [2.24, 2.45) is 17.4 Å². The molecule has 0 aliphatic rings. The van der Waals surface area contributed by atoms with Crippen LogP contribution in [0.3, 0.4) is 0 Å². The Labute approximate surface area is 77.1 Å². The minimum atomic E-state index is -1.14. The Kier molecular flexibility index (Phi) is 5.25. The van der Waals surface area contributed by atoms with Crippen molar-refractivity contribution >= 4 is 11.8 Å². The van der Waals surface area contributed by atoms with Crippen LogP contribution in [0.5, 0.6) is 0 Å². The van der Waals surface area contributed by atoms with Crippen molar-refractivity contribution in [2.75, 3.05) is 6.54 Å². The molecule has 76 valence electrons. The zero-order valence-electron chi connectivity index (χ0n) is 7.69. The third kappa shape index (κ3) is 4.00. The van der Waals surface area contributed by atoms with Gasteiger partial charge in [0.25, 0.3) is 0 Å². The fourth-order valence-corrected chi connectivity index (χ4v) is 1.15. The Morgan fingerprint density at radius 3 is 2.31 bits per heavy atom. The van der Waals surface area contributed by atoms with Gasteiger partial charge in [0.1, 0.15) is 11.8 Å². The van der Waals surface area contributed by atoms with Gasteiger partial charge in [0.2, 0.25) is 0 Å². The highest BCUT2D eigenvalue weighted by Gasteiger charge is 2.27. The van der Waals surface area contributed by atoms with Gasteiger partial charge in [-0.3, -0.25) is 9.59 Å². The van der Waals surface area contributed by atoms with Crippen LogP contribution in [0.15, 0.2) is 0 Å². The number of Topliss-reactive ketones (excluding diaryl/α,β-unsaturated/α-hetero) is 1. The van der Waals surface area contributed by atoms with E-state index in [9.17, 15) is 9.59 Å². The van der Waals surface area contributed by atoms with Crippen LogP contribution in [0, 0.1) is 5.92 Å². The summed E-state index contributed by atoms with van der Waals surface area (Å²) in [6, 6.07) is -1.11. The maximum Gasteiger partial charge on any atom is 0.321 e. The molecular weight excluding hydrogens is 172 g/mol. The van der Waals surface area contributed by atoms with Gasteiger partial charge in [0.15, 0.2) is 0 Å². The van der Waals surface area contributed by atoms with Crippen LogP contribution in [0.2, 0.25) is 0 Å². The highest BCUT2D eigenvalue weighted by atomic mass is 16.4. The van der Waals surface area contributed by atoms with Crippen LogP contribution in [0.4, 0.5) is 0 Å². The number of ketones is 1. The maximum atomic E-state index is 11.0. The van der Waals surface area contributed by atoms with E-state index in [1.807, 2.05) is 0 Å². The van der Waals surface area contributed by atoms with Gasteiger partial charge in [-0.15, -0.1) is 0 Å². The summed E-state index contributed by atoms with van der Waals surface area (Å²) in [5, 5.41) is 8.59. The van der Waals surface area contributed by atoms with Gasteiger partial charge in [0, 0.05) is 5.92 Å². The second-order valence-corrected chi connectivity index (χ2v) is 3.01. The predicted molar refractivity (Wildman–Crippen MR) is 48.1 cm³/mol. The van der Waals surface area contributed by atoms with Crippen molar-refractivity contribution < 1.29 is 14.7 Å². The standard InChI is InChI=1S/C8H16N2O3/c1-5(11)6(3-2-4-9)7(10)8(12)13/h6-7H,2-4,9-10H2,1H3,(H,12,13)/t6?,7-/m0/s1. The van der Waals surface area contributed by atoms with Crippen molar-refractivity contribution in [3.63, 3.8) is 0 Å². The fourth-order valence-electron chi connectivity index (χ4n) is 1.15. The largest absolute Gasteiger partial charge is 0.480 e. The zero-order valence-corrected chi connectivity index (χ0v) is 7.69. The molecule has 2 atom stereocenters. The van der Waals surface area contributed by atoms with Crippen LogP contribution in [0.25, 0.3) is 0 Å². The smallest absolute Gasteiger partial charge is 0.321 e. The first-order valence-corrected chi connectivity index (χ1v) is 4.19. The molecule has 0 saturated carbocycles. The molecule has 0 aromatic heterocycles. The van der Waals surface area contributed by atoms with Crippen molar-refractivity contribution in [1.29, 1.82) is 0 Å². The van der Waals surface area contributed by atoms with E-state index in [0.717, 1.165) is 0 Å². The van der Waals surface area contributed by atoms with Crippen LogP contribution >= 0.6 is 0 Å². The topological polar surface area (TPSA) is 106 Å². The highest BCUT2D eigenvalue weighted by molar-refractivity contribution is 5.86. The van der Waals surface area contributed by atoms with Crippen LogP contribution in [-0.2, 0) is 9.59 Å². The Morgan fingerprint density at radius 2 is 2.00 bits per heavy atom. The number of carbonyl (C=O) groups excluding carboxylic acids is 1. The molecule has 0 aromatic rings. The molecule has 5 N–H and O–H groups in total. The number of carboxylic acids is 1. The third-order valence-corrected chi connectivity index (χ3v) is 1.96. The first-order valence-electron chi connectivity index (χ1n) is 4.19. The van der Waals surface area contributed by atoms with E-state index in [1.165, 1.54) is 6.92 Å². The van der Waals surface area contributed by atoms with Crippen LogP contribution < -0.4 is 11.5 Å². The van der Waals surface area contributed by atoms with Crippen LogP contribution in [-0.4, -0.2) is 29.4 Å². The molecule has 5 heteroatoms. The number of aliphatic carboxylic acids is 1. The summed E-state index contributed by atoms with van der Waals surface area (Å²) in [5.41, 5.74) is 10.6. The minimum absolute atomic E-state index is 0.191. The monoisotopic (exact) mass is 188 g/mol. The Balaban J connectivity index is 4.24. The molecule has 1 unspecified atom stereocenters. The van der Waals surface area contributed by atoms with E-state index >= 15 is 0 Å². The maximum absolute atomic E-state index is 11.0. The predicted octanol–water partition coefficient (Wildman–Crippen LogP) is -0.658. The Hall–Kier alpha value is -0.940. The van der Waals surface area contributed by atoms with E-state index in [0.29, 0.717) is 19.4 Å². The summed E-state index contributed by atoms with van der Waals surface area (Å²) < 4.78 is 0. The molecule has 5 nitrogen and oxygen atoms in total. The number of nitrogens with two attached hydrogens (primary N) is 2. The molecular formula is C8H16N2O3. The first-order chi connectivity index (χ1) is 6.00. The molecule has 0 aliphatic heterocycles. The van der Waals surface area contributed by atoms with Gasteiger partial charge in [0.05, 0.1) is 0 Å². The minimum Gasteiger partial charge on any atom is -0.480 e. The van der Waals surface area contributed by atoms with E-state index < -0.39 is 17.9 Å². The summed E-state index contributed by atoms with van der Waals surface area (Å²) in [4.78, 5) is 21.5. The molecule has 0 fully saturated rings. The summed E-state index contributed by atoms with van der Waals surface area (Å²) >= 11 is 0. The van der Waals surface area contributed by atoms with Crippen molar-refractivity contribution in [1.82, 2.24) is 0 Å². The molecule has 0 saturated heterocycles. The van der Waals surface area contributed by atoms with Crippen molar-refractivity contribution in [3.05, 3.63) is 0 Å². The average molecular weight is 188 g/mol. The van der Waals surface area contributed by atoms with E-state index in [4.69, 9.17) is 16.6 Å². The molecule has 0 amide bonds. The molecule has 0 bridgehead atoms. The van der Waals surface area contributed by atoms with Gasteiger partial charge in [-0.05, 0) is 26.3 Å². The molecule has 13 heavy (non-hydrogen) atoms.